The normalized spacial score (nSPS) is 12.5. The second kappa shape index (κ2) is 9.13. The molecule has 2 aromatic heterocycles. The van der Waals surface area contributed by atoms with Crippen LogP contribution in [-0.2, 0) is 33.9 Å². The predicted molar refractivity (Wildman–Crippen MR) is 138 cm³/mol. The zero-order valence-electron chi connectivity index (χ0n) is 21.4. The van der Waals surface area contributed by atoms with Crippen LogP contribution >= 0.6 is 0 Å². The summed E-state index contributed by atoms with van der Waals surface area (Å²) in [5.41, 5.74) is 10.3. The van der Waals surface area contributed by atoms with Crippen LogP contribution in [0.1, 0.15) is 40.8 Å². The third-order valence-corrected chi connectivity index (χ3v) is 6.71. The van der Waals surface area contributed by atoms with E-state index < -0.39 is 0 Å². The average Bonchev–Trinajstić information content (AvgIpc) is 3.33. The van der Waals surface area contributed by atoms with Gasteiger partial charge in [-0.05, 0) is 68.7 Å². The number of anilines is 1. The van der Waals surface area contributed by atoms with E-state index in [1.165, 1.54) is 27.9 Å². The Morgan fingerprint density at radius 2 is 1.40 bits per heavy atom. The van der Waals surface area contributed by atoms with Crippen LogP contribution in [-0.4, -0.2) is 26.1 Å². The topological polar surface area (TPSA) is 57.3 Å². The Morgan fingerprint density at radius 1 is 0.800 bits per heavy atom. The van der Waals surface area contributed by atoms with Gasteiger partial charge in [0.15, 0.2) is 11.5 Å². The zero-order valence-corrected chi connectivity index (χ0v) is 21.4. The number of aryl methyl sites for hydroxylation is 5. The molecular formula is C28H33N5O2. The highest BCUT2D eigenvalue weighted by Gasteiger charge is 2.25. The highest BCUT2D eigenvalue weighted by molar-refractivity contribution is 5.86. The average molecular weight is 472 g/mol. The van der Waals surface area contributed by atoms with E-state index in [4.69, 9.17) is 9.47 Å². The molecule has 2 aromatic carbocycles. The molecular weight excluding hydrogens is 438 g/mol. The molecule has 0 N–H and O–H groups in total. The molecule has 0 saturated heterocycles. The molecule has 0 atom stereocenters. The van der Waals surface area contributed by atoms with Gasteiger partial charge in [0.1, 0.15) is 13.2 Å². The van der Waals surface area contributed by atoms with Gasteiger partial charge in [0.05, 0.1) is 22.8 Å². The Kier molecular flexibility index (Phi) is 6.01. The lowest BCUT2D eigenvalue weighted by atomic mass is 9.91. The Labute approximate surface area is 206 Å². The van der Waals surface area contributed by atoms with Crippen molar-refractivity contribution in [2.75, 3.05) is 11.4 Å². The largest absolute Gasteiger partial charge is 0.483 e. The number of aromatic nitrogens is 4. The van der Waals surface area contributed by atoms with E-state index in [1.54, 1.807) is 0 Å². The first kappa shape index (κ1) is 23.0. The van der Waals surface area contributed by atoms with Gasteiger partial charge >= 0.3 is 0 Å². The summed E-state index contributed by atoms with van der Waals surface area (Å²) in [5.74, 6) is 1.48. The van der Waals surface area contributed by atoms with Crippen molar-refractivity contribution < 1.29 is 9.47 Å². The van der Waals surface area contributed by atoms with Crippen molar-refractivity contribution in [1.82, 2.24) is 19.6 Å². The van der Waals surface area contributed by atoms with Crippen LogP contribution < -0.4 is 14.4 Å². The van der Waals surface area contributed by atoms with E-state index in [-0.39, 0.29) is 0 Å². The van der Waals surface area contributed by atoms with Gasteiger partial charge in [0.2, 0.25) is 0 Å². The Hall–Kier alpha value is -3.74. The maximum Gasteiger partial charge on any atom is 0.162 e. The number of para-hydroxylation sites is 1. The first-order valence-corrected chi connectivity index (χ1v) is 12.1. The number of benzene rings is 2. The molecule has 0 spiro atoms. The molecule has 3 heterocycles. The first-order chi connectivity index (χ1) is 16.8. The zero-order chi connectivity index (χ0) is 24.7. The Morgan fingerprint density at radius 3 is 1.94 bits per heavy atom. The van der Waals surface area contributed by atoms with E-state index in [2.05, 4.69) is 71.4 Å². The molecule has 0 aliphatic carbocycles. The Bertz CT molecular complexity index is 1380. The lowest BCUT2D eigenvalue weighted by molar-refractivity contribution is 0.246. The van der Waals surface area contributed by atoms with Crippen molar-refractivity contribution in [2.24, 2.45) is 14.1 Å². The van der Waals surface area contributed by atoms with Crippen LogP contribution in [0.4, 0.5) is 5.69 Å². The van der Waals surface area contributed by atoms with Gasteiger partial charge < -0.3 is 14.4 Å². The fourth-order valence-electron chi connectivity index (χ4n) is 4.96. The molecule has 0 saturated carbocycles. The minimum absolute atomic E-state index is 0.416. The Balaban J connectivity index is 1.54. The highest BCUT2D eigenvalue weighted by atomic mass is 16.5. The summed E-state index contributed by atoms with van der Waals surface area (Å²) in [4.78, 5) is 2.43. The lowest BCUT2D eigenvalue weighted by Crippen LogP contribution is -2.27. The molecule has 1 aliphatic heterocycles. The van der Waals surface area contributed by atoms with Gasteiger partial charge in [-0.15, -0.1) is 0 Å². The molecule has 1 aliphatic rings. The summed E-state index contributed by atoms with van der Waals surface area (Å²) in [7, 11) is 3.89. The van der Waals surface area contributed by atoms with Crippen molar-refractivity contribution in [3.05, 3.63) is 76.4 Å². The minimum atomic E-state index is 0.416. The number of nitrogens with zero attached hydrogens (tertiary/aromatic N) is 5. The molecule has 35 heavy (non-hydrogen) atoms. The highest BCUT2D eigenvalue weighted by Crippen LogP contribution is 2.45. The standard InChI is InChI=1S/C28H33N5O2/c1-7-33-15-21-13-26(34-16-22-11-19(3)29-31(22)5)27(35-17-23-12-20(4)30-32(23)6)14-25(21)24-10-8-9-18(2)28(24)33/h8-14H,7,15-17H2,1-6H3. The van der Waals surface area contributed by atoms with Crippen molar-refractivity contribution >= 4 is 5.69 Å². The summed E-state index contributed by atoms with van der Waals surface area (Å²) >= 11 is 0. The summed E-state index contributed by atoms with van der Waals surface area (Å²) in [5, 5.41) is 8.90. The second-order valence-electron chi connectivity index (χ2n) is 9.32. The SMILES string of the molecule is CCN1Cc2cc(OCc3cc(C)nn3C)c(OCc3cc(C)nn3C)cc2-c2cccc(C)c21. The van der Waals surface area contributed by atoms with Gasteiger partial charge in [0, 0.05) is 38.4 Å². The van der Waals surface area contributed by atoms with Crippen LogP contribution in [0.5, 0.6) is 11.5 Å². The van der Waals surface area contributed by atoms with Gasteiger partial charge in [-0.2, -0.15) is 10.2 Å². The first-order valence-electron chi connectivity index (χ1n) is 12.1. The lowest BCUT2D eigenvalue weighted by Gasteiger charge is -2.34. The molecule has 0 amide bonds. The fraction of sp³-hybridized carbons (Fsp3) is 0.357. The molecule has 5 rings (SSSR count). The summed E-state index contributed by atoms with van der Waals surface area (Å²) < 4.78 is 16.5. The number of ether oxygens (including phenoxy) is 2. The minimum Gasteiger partial charge on any atom is -0.483 e. The van der Waals surface area contributed by atoms with Gasteiger partial charge in [-0.1, -0.05) is 18.2 Å². The molecule has 0 radical (unpaired) electrons. The van der Waals surface area contributed by atoms with Gasteiger partial charge in [-0.3, -0.25) is 9.36 Å². The smallest absolute Gasteiger partial charge is 0.162 e. The van der Waals surface area contributed by atoms with Crippen molar-refractivity contribution in [2.45, 2.75) is 47.5 Å². The quantitative estimate of drug-likeness (QED) is 0.369. The van der Waals surface area contributed by atoms with Crippen LogP contribution in [0.2, 0.25) is 0 Å². The monoisotopic (exact) mass is 471 g/mol. The molecule has 0 unspecified atom stereocenters. The third-order valence-electron chi connectivity index (χ3n) is 6.71. The number of hydrogen-bond donors (Lipinski definition) is 0. The molecule has 0 fully saturated rings. The van der Waals surface area contributed by atoms with Crippen LogP contribution in [0.25, 0.3) is 11.1 Å². The van der Waals surface area contributed by atoms with E-state index in [0.717, 1.165) is 47.4 Å². The summed E-state index contributed by atoms with van der Waals surface area (Å²) in [6, 6.07) is 14.9. The van der Waals surface area contributed by atoms with E-state index >= 15 is 0 Å². The molecule has 0 bridgehead atoms. The fourth-order valence-corrected chi connectivity index (χ4v) is 4.96. The summed E-state index contributed by atoms with van der Waals surface area (Å²) in [6.45, 7) is 11.0. The molecule has 7 nitrogen and oxygen atoms in total. The van der Waals surface area contributed by atoms with Gasteiger partial charge in [0.25, 0.3) is 0 Å². The third kappa shape index (κ3) is 4.38. The van der Waals surface area contributed by atoms with Crippen LogP contribution in [0, 0.1) is 20.8 Å². The number of hydrogen-bond acceptors (Lipinski definition) is 5. The predicted octanol–water partition coefficient (Wildman–Crippen LogP) is 5.24. The van der Waals surface area contributed by atoms with E-state index in [0.29, 0.717) is 13.2 Å². The second-order valence-corrected chi connectivity index (χ2v) is 9.32. The van der Waals surface area contributed by atoms with Crippen molar-refractivity contribution in [3.63, 3.8) is 0 Å². The number of rotatable bonds is 7. The summed E-state index contributed by atoms with van der Waals surface area (Å²) in [6.07, 6.45) is 0. The molecule has 182 valence electrons. The molecule has 7 heteroatoms. The van der Waals surface area contributed by atoms with Crippen LogP contribution in [0.3, 0.4) is 0 Å². The van der Waals surface area contributed by atoms with Crippen molar-refractivity contribution in [1.29, 1.82) is 0 Å². The van der Waals surface area contributed by atoms with E-state index in [1.807, 2.05) is 37.3 Å². The molecule has 4 aromatic rings. The van der Waals surface area contributed by atoms with Gasteiger partial charge in [-0.25, -0.2) is 0 Å². The number of fused-ring (bicyclic) bond motifs is 3. The maximum atomic E-state index is 6.38. The van der Waals surface area contributed by atoms with Crippen LogP contribution in [0.15, 0.2) is 42.5 Å². The van der Waals surface area contributed by atoms with E-state index in [9.17, 15) is 0 Å². The maximum absolute atomic E-state index is 6.38. The van der Waals surface area contributed by atoms with Crippen molar-refractivity contribution in [3.8, 4) is 22.6 Å².